The van der Waals surface area contributed by atoms with E-state index in [-0.39, 0.29) is 0 Å². The summed E-state index contributed by atoms with van der Waals surface area (Å²) >= 11 is 1.62. The summed E-state index contributed by atoms with van der Waals surface area (Å²) in [6.45, 7) is 6.75. The van der Waals surface area contributed by atoms with Gasteiger partial charge in [-0.1, -0.05) is 35.6 Å². The Morgan fingerprint density at radius 3 is 2.60 bits per heavy atom. The molecule has 6 nitrogen and oxygen atoms in total. The molecule has 2 heterocycles. The van der Waals surface area contributed by atoms with Gasteiger partial charge in [0.2, 0.25) is 0 Å². The van der Waals surface area contributed by atoms with E-state index < -0.39 is 23.5 Å². The van der Waals surface area contributed by atoms with Gasteiger partial charge in [-0.25, -0.2) is 4.98 Å². The first-order valence-electron chi connectivity index (χ1n) is 9.63. The molecule has 0 spiro atoms. The number of benzene rings is 2. The summed E-state index contributed by atoms with van der Waals surface area (Å²) in [4.78, 5) is 30.1. The fraction of sp³-hybridized carbons (Fsp3) is 0.261. The van der Waals surface area contributed by atoms with Gasteiger partial charge in [-0.3, -0.25) is 14.0 Å². The highest BCUT2D eigenvalue weighted by Gasteiger charge is 2.29. The first-order chi connectivity index (χ1) is 14.2. The van der Waals surface area contributed by atoms with Crippen molar-refractivity contribution in [3.05, 3.63) is 54.7 Å². The Balaban J connectivity index is 1.55. The Morgan fingerprint density at radius 2 is 1.83 bits per heavy atom. The van der Waals surface area contributed by atoms with Crippen molar-refractivity contribution in [3.8, 4) is 17.0 Å². The number of rotatable bonds is 4. The minimum absolute atomic E-state index is 0.356. The van der Waals surface area contributed by atoms with Crippen LogP contribution in [0.5, 0.6) is 5.75 Å². The van der Waals surface area contributed by atoms with Crippen molar-refractivity contribution in [3.63, 3.8) is 0 Å². The number of imidazole rings is 1. The second-order valence-corrected chi connectivity index (χ2v) is 9.06. The second-order valence-electron chi connectivity index (χ2n) is 8.05. The summed E-state index contributed by atoms with van der Waals surface area (Å²) in [5, 5.41) is 0. The highest BCUT2D eigenvalue weighted by Crippen LogP contribution is 2.30. The number of fused-ring (bicyclic) bond motifs is 3. The van der Waals surface area contributed by atoms with Crippen LogP contribution < -0.4 is 4.74 Å². The number of nitrogens with zero attached hydrogens (tertiary/aromatic N) is 2. The third-order valence-electron chi connectivity index (χ3n) is 4.46. The van der Waals surface area contributed by atoms with Gasteiger partial charge in [0.1, 0.15) is 11.4 Å². The van der Waals surface area contributed by atoms with E-state index in [4.69, 9.17) is 14.5 Å². The fourth-order valence-corrected chi connectivity index (χ4v) is 4.01. The van der Waals surface area contributed by atoms with Crippen LogP contribution in [0.25, 0.3) is 26.4 Å². The van der Waals surface area contributed by atoms with Gasteiger partial charge in [-0.2, -0.15) is 0 Å². The van der Waals surface area contributed by atoms with Crippen LogP contribution >= 0.6 is 11.3 Å². The normalized spacial score (nSPS) is 12.8. The number of aromatic nitrogens is 2. The Hall–Kier alpha value is -3.19. The molecule has 1 atom stereocenters. The Morgan fingerprint density at radius 1 is 1.07 bits per heavy atom. The molecule has 7 heteroatoms. The van der Waals surface area contributed by atoms with Gasteiger partial charge in [0, 0.05) is 11.8 Å². The number of carbonyl (C=O) groups excluding carboxylic acids is 2. The summed E-state index contributed by atoms with van der Waals surface area (Å²) < 4.78 is 13.9. The number of carbonyl (C=O) groups is 2. The van der Waals surface area contributed by atoms with E-state index in [0.717, 1.165) is 21.7 Å². The van der Waals surface area contributed by atoms with E-state index in [9.17, 15) is 9.59 Å². The fourth-order valence-electron chi connectivity index (χ4n) is 3.00. The number of hydrogen-bond donors (Lipinski definition) is 0. The van der Waals surface area contributed by atoms with E-state index >= 15 is 0 Å². The lowest BCUT2D eigenvalue weighted by atomic mass is 10.1. The molecule has 0 bridgehead atoms. The van der Waals surface area contributed by atoms with Gasteiger partial charge in [-0.05, 0) is 52.0 Å². The van der Waals surface area contributed by atoms with Crippen molar-refractivity contribution in [2.45, 2.75) is 33.3 Å². The van der Waals surface area contributed by atoms with Gasteiger partial charge in [0.05, 0.1) is 15.9 Å². The van der Waals surface area contributed by atoms with Crippen molar-refractivity contribution >= 4 is 38.5 Å². The van der Waals surface area contributed by atoms with Gasteiger partial charge in [-0.15, -0.1) is 0 Å². The number of para-hydroxylation sites is 1. The molecule has 0 N–H and O–H groups in total. The molecule has 30 heavy (non-hydrogen) atoms. The van der Waals surface area contributed by atoms with Gasteiger partial charge in [0.15, 0.2) is 10.9 Å². The lowest BCUT2D eigenvalue weighted by Gasteiger charge is -2.21. The molecule has 0 aliphatic carbocycles. The SMILES string of the molecule is CC(C(=O)Oc1cccc(-c2cn3c(n2)sc2ccccc23)c1)C(=O)OC(C)(C)C. The van der Waals surface area contributed by atoms with Gasteiger partial charge < -0.3 is 9.47 Å². The maximum absolute atomic E-state index is 12.4. The number of hydrogen-bond acceptors (Lipinski definition) is 6. The topological polar surface area (TPSA) is 69.9 Å². The minimum Gasteiger partial charge on any atom is -0.459 e. The van der Waals surface area contributed by atoms with Crippen LogP contribution in [0, 0.1) is 5.92 Å². The molecule has 0 aliphatic heterocycles. The van der Waals surface area contributed by atoms with Crippen molar-refractivity contribution in [1.82, 2.24) is 9.38 Å². The van der Waals surface area contributed by atoms with Crippen molar-refractivity contribution in [2.24, 2.45) is 5.92 Å². The Kier molecular flexibility index (Phi) is 5.07. The van der Waals surface area contributed by atoms with Crippen LogP contribution in [-0.2, 0) is 14.3 Å². The third kappa shape index (κ3) is 4.07. The maximum Gasteiger partial charge on any atom is 0.325 e. The summed E-state index contributed by atoms with van der Waals surface area (Å²) in [6, 6.07) is 15.3. The molecule has 0 fully saturated rings. The van der Waals surface area contributed by atoms with Crippen LogP contribution in [0.2, 0.25) is 0 Å². The van der Waals surface area contributed by atoms with Crippen LogP contribution in [0.4, 0.5) is 0 Å². The first-order valence-corrected chi connectivity index (χ1v) is 10.4. The standard InChI is InChI=1S/C23H22N2O4S/c1-14(21(27)29-23(2,3)4)20(26)28-16-9-7-8-15(12-16)17-13-25-18-10-5-6-11-19(18)30-22(25)24-17/h5-14H,1-4H3. The average molecular weight is 423 g/mol. The van der Waals surface area contributed by atoms with Crippen molar-refractivity contribution < 1.29 is 19.1 Å². The molecule has 0 aliphatic rings. The molecule has 2 aromatic carbocycles. The lowest BCUT2D eigenvalue weighted by Crippen LogP contribution is -2.33. The third-order valence-corrected chi connectivity index (χ3v) is 5.50. The molecule has 154 valence electrons. The smallest absolute Gasteiger partial charge is 0.325 e. The average Bonchev–Trinajstić information content (AvgIpc) is 3.24. The highest BCUT2D eigenvalue weighted by atomic mass is 32.1. The predicted molar refractivity (Wildman–Crippen MR) is 117 cm³/mol. The zero-order chi connectivity index (χ0) is 21.5. The lowest BCUT2D eigenvalue weighted by molar-refractivity contribution is -0.164. The molecule has 4 rings (SSSR count). The molecule has 0 saturated carbocycles. The van der Waals surface area contributed by atoms with Crippen LogP contribution in [-0.4, -0.2) is 26.9 Å². The zero-order valence-electron chi connectivity index (χ0n) is 17.2. The molecular weight excluding hydrogens is 400 g/mol. The molecule has 4 aromatic rings. The van der Waals surface area contributed by atoms with E-state index in [1.807, 2.05) is 24.4 Å². The van der Waals surface area contributed by atoms with Crippen LogP contribution in [0.15, 0.2) is 54.7 Å². The summed E-state index contributed by atoms with van der Waals surface area (Å²) in [5.41, 5.74) is 2.05. The number of thiazole rings is 1. The van der Waals surface area contributed by atoms with Gasteiger partial charge >= 0.3 is 11.9 Å². The summed E-state index contributed by atoms with van der Waals surface area (Å²) in [5.74, 6) is -1.92. The van der Waals surface area contributed by atoms with Crippen molar-refractivity contribution in [2.75, 3.05) is 0 Å². The quantitative estimate of drug-likeness (QED) is 0.260. The summed E-state index contributed by atoms with van der Waals surface area (Å²) in [6.07, 6.45) is 1.97. The first kappa shape index (κ1) is 20.1. The molecule has 0 radical (unpaired) electrons. The highest BCUT2D eigenvalue weighted by molar-refractivity contribution is 7.23. The monoisotopic (exact) mass is 422 g/mol. The maximum atomic E-state index is 12.4. The van der Waals surface area contributed by atoms with Crippen molar-refractivity contribution in [1.29, 1.82) is 0 Å². The predicted octanol–water partition coefficient (Wildman–Crippen LogP) is 5.10. The Bertz CT molecular complexity index is 1250. The molecule has 0 saturated heterocycles. The van der Waals surface area contributed by atoms with E-state index in [0.29, 0.717) is 5.75 Å². The largest absolute Gasteiger partial charge is 0.459 e. The summed E-state index contributed by atoms with van der Waals surface area (Å²) in [7, 11) is 0. The number of ether oxygens (including phenoxy) is 2. The zero-order valence-corrected chi connectivity index (χ0v) is 18.0. The minimum atomic E-state index is -1.02. The van der Waals surface area contributed by atoms with Crippen LogP contribution in [0.3, 0.4) is 0 Å². The number of esters is 2. The molecule has 1 unspecified atom stereocenters. The van der Waals surface area contributed by atoms with Crippen LogP contribution in [0.1, 0.15) is 27.7 Å². The molecule has 2 aromatic heterocycles. The second kappa shape index (κ2) is 7.57. The molecule has 0 amide bonds. The van der Waals surface area contributed by atoms with E-state index in [1.54, 1.807) is 50.3 Å². The van der Waals surface area contributed by atoms with E-state index in [1.165, 1.54) is 11.6 Å². The van der Waals surface area contributed by atoms with E-state index in [2.05, 4.69) is 16.5 Å². The van der Waals surface area contributed by atoms with Gasteiger partial charge in [0.25, 0.3) is 0 Å². The Labute approximate surface area is 178 Å². The molecular formula is C23H22N2O4S.